The molecular weight excluding hydrogens is 495 g/mol. The Bertz CT molecular complexity index is 470. The van der Waals surface area contributed by atoms with Gasteiger partial charge in [0, 0.05) is 12.4 Å². The van der Waals surface area contributed by atoms with E-state index < -0.39 is 11.9 Å². The number of rotatable bonds is 30. The predicted octanol–water partition coefficient (Wildman–Crippen LogP) is 7.55. The van der Waals surface area contributed by atoms with Crippen LogP contribution in [-0.4, -0.2) is 17.0 Å². The van der Waals surface area contributed by atoms with Crippen LogP contribution in [0.4, 0.5) is 0 Å². The van der Waals surface area contributed by atoms with Gasteiger partial charge in [-0.25, -0.2) is 0 Å². The normalized spacial score (nSPS) is 10.5. The summed E-state index contributed by atoms with van der Waals surface area (Å²) in [5.41, 5.74) is 0. The summed E-state index contributed by atoms with van der Waals surface area (Å²) in [6.07, 6.45) is 37.1. The Hall–Kier alpha value is -0.0600. The van der Waals surface area contributed by atoms with Crippen molar-refractivity contribution in [3.05, 3.63) is 0 Å². The Morgan fingerprint density at radius 1 is 0.410 bits per heavy atom. The zero-order valence-electron chi connectivity index (χ0n) is 26.9. The Labute approximate surface area is 266 Å². The summed E-state index contributed by atoms with van der Waals surface area (Å²) in [6, 6.07) is 0. The van der Waals surface area contributed by atoms with Gasteiger partial charge in [0.05, 0.1) is 0 Å². The van der Waals surface area contributed by atoms with E-state index in [1.54, 1.807) is 0 Å². The predicted molar refractivity (Wildman–Crippen MR) is 163 cm³/mol. The minimum atomic E-state index is -0.903. The maximum absolute atomic E-state index is 10.3. The van der Waals surface area contributed by atoms with E-state index in [0.717, 1.165) is 25.7 Å². The van der Waals surface area contributed by atoms with Gasteiger partial charge in [0.1, 0.15) is 0 Å². The molecule has 0 unspecified atom stereocenters. The maximum atomic E-state index is 10.3. The summed E-state index contributed by atoms with van der Waals surface area (Å²) < 4.78 is 0. The van der Waals surface area contributed by atoms with E-state index in [9.17, 15) is 14.7 Å². The maximum Gasteiger partial charge on any atom is 1.00 e. The van der Waals surface area contributed by atoms with Crippen LogP contribution in [0.25, 0.3) is 0 Å². The van der Waals surface area contributed by atoms with Crippen molar-refractivity contribution in [2.75, 3.05) is 0 Å². The molecule has 228 valence electrons. The van der Waals surface area contributed by atoms with Crippen LogP contribution in [0.3, 0.4) is 0 Å². The molecule has 0 aliphatic heterocycles. The second-order valence-electron chi connectivity index (χ2n) is 11.5. The number of hydrogen-bond donors (Lipinski definition) is 1. The van der Waals surface area contributed by atoms with Crippen molar-refractivity contribution in [1.82, 2.24) is 0 Å². The van der Waals surface area contributed by atoms with Crippen LogP contribution in [0.1, 0.15) is 206 Å². The van der Waals surface area contributed by atoms with Gasteiger partial charge >= 0.3 is 35.5 Å². The first-order chi connectivity index (χ1) is 18.5. The minimum absolute atomic E-state index is 0. The Balaban J connectivity index is -0.000000651. The smallest absolute Gasteiger partial charge is 0.550 e. The third-order valence-corrected chi connectivity index (χ3v) is 7.48. The Morgan fingerprint density at radius 2 is 0.615 bits per heavy atom. The van der Waals surface area contributed by atoms with Crippen LogP contribution in [0.2, 0.25) is 0 Å². The monoisotopic (exact) mass is 562 g/mol. The number of unbranched alkanes of at least 4 members (excludes halogenated alkanes) is 26. The number of hydrogen-bond acceptors (Lipinski definition) is 3. The van der Waals surface area contributed by atoms with Gasteiger partial charge < -0.3 is 15.0 Å². The van der Waals surface area contributed by atoms with Crippen LogP contribution in [-0.2, 0) is 9.59 Å². The second kappa shape index (κ2) is 40.1. The molecule has 0 aliphatic rings. The molecule has 0 rings (SSSR count). The topological polar surface area (TPSA) is 77.4 Å². The number of carboxylic acids is 2. The fourth-order valence-corrected chi connectivity index (χ4v) is 4.93. The van der Waals surface area contributed by atoms with Gasteiger partial charge in [-0.1, -0.05) is 181 Å². The molecule has 1 N–H and O–H groups in total. The van der Waals surface area contributed by atoms with E-state index in [2.05, 4.69) is 13.8 Å². The summed E-state index contributed by atoms with van der Waals surface area (Å²) in [4.78, 5) is 20.5. The molecule has 0 aromatic heterocycles. The quantitative estimate of drug-likeness (QED) is 0.0724. The molecule has 0 spiro atoms. The molecule has 4 nitrogen and oxygen atoms in total. The first-order valence-corrected chi connectivity index (χ1v) is 17.0. The molecule has 0 bridgehead atoms. The molecule has 0 saturated heterocycles. The molecule has 0 aromatic rings. The Kier molecular flexibility index (Phi) is 44.6. The minimum Gasteiger partial charge on any atom is -0.550 e. The van der Waals surface area contributed by atoms with Crippen LogP contribution >= 0.6 is 0 Å². The standard InChI is InChI=1S/C18H36O2.C16H32O2.Na/c1-2-3-4-5-6-7-8-9-10-11-12-13-14-15-16-17-18(19)20;1-2-3-4-5-6-7-8-9-10-11-12-13-14-15-16(17)18;/h2-17H2,1H3,(H,19,20);2-15H2,1H3,(H,17,18);/q;;+1/p-1. The average Bonchev–Trinajstić information content (AvgIpc) is 2.89. The fourth-order valence-electron chi connectivity index (χ4n) is 4.93. The van der Waals surface area contributed by atoms with Crippen molar-refractivity contribution >= 4 is 11.9 Å². The van der Waals surface area contributed by atoms with Crippen molar-refractivity contribution in [3.8, 4) is 0 Å². The van der Waals surface area contributed by atoms with Crippen LogP contribution in [0.15, 0.2) is 0 Å². The summed E-state index contributed by atoms with van der Waals surface area (Å²) in [5, 5.41) is 18.7. The summed E-state index contributed by atoms with van der Waals surface area (Å²) in [5.74, 6) is -1.56. The molecule has 0 amide bonds. The number of carboxylic acid groups (broad SMARTS) is 2. The summed E-state index contributed by atoms with van der Waals surface area (Å²) in [6.45, 7) is 4.53. The summed E-state index contributed by atoms with van der Waals surface area (Å²) in [7, 11) is 0. The molecule has 0 aliphatic carbocycles. The molecule has 0 radical (unpaired) electrons. The van der Waals surface area contributed by atoms with Gasteiger partial charge in [-0.05, 0) is 19.3 Å². The molecule has 0 fully saturated rings. The molecule has 0 atom stereocenters. The van der Waals surface area contributed by atoms with Gasteiger partial charge in [0.15, 0.2) is 0 Å². The third kappa shape index (κ3) is 48.0. The Morgan fingerprint density at radius 3 is 0.821 bits per heavy atom. The largest absolute Gasteiger partial charge is 1.00 e. The third-order valence-electron chi connectivity index (χ3n) is 7.48. The second-order valence-corrected chi connectivity index (χ2v) is 11.5. The molecule has 5 heteroatoms. The number of carbonyl (C=O) groups is 2. The van der Waals surface area contributed by atoms with Gasteiger partial charge in [-0.15, -0.1) is 0 Å². The van der Waals surface area contributed by atoms with E-state index in [1.807, 2.05) is 0 Å². The molecule has 39 heavy (non-hydrogen) atoms. The fraction of sp³-hybridized carbons (Fsp3) is 0.941. The molecular formula is C34H67NaO4. The van der Waals surface area contributed by atoms with Gasteiger partial charge in [-0.3, -0.25) is 4.79 Å². The zero-order valence-corrected chi connectivity index (χ0v) is 28.9. The van der Waals surface area contributed by atoms with Gasteiger partial charge in [-0.2, -0.15) is 0 Å². The first-order valence-electron chi connectivity index (χ1n) is 17.0. The summed E-state index contributed by atoms with van der Waals surface area (Å²) >= 11 is 0. The SMILES string of the molecule is CCCCCCCCCCCCCCCC(=O)O.CCCCCCCCCCCCCCCCCC(=O)[O-].[Na+]. The van der Waals surface area contributed by atoms with E-state index in [4.69, 9.17) is 5.11 Å². The number of aliphatic carboxylic acids is 2. The van der Waals surface area contributed by atoms with Crippen molar-refractivity contribution < 1.29 is 49.4 Å². The molecule has 0 heterocycles. The van der Waals surface area contributed by atoms with E-state index in [-0.39, 0.29) is 36.0 Å². The first kappa shape index (κ1) is 43.4. The van der Waals surface area contributed by atoms with Crippen LogP contribution in [0.5, 0.6) is 0 Å². The van der Waals surface area contributed by atoms with E-state index in [1.165, 1.54) is 154 Å². The van der Waals surface area contributed by atoms with Gasteiger partial charge in [0.25, 0.3) is 0 Å². The zero-order chi connectivity index (χ0) is 28.4. The van der Waals surface area contributed by atoms with E-state index in [0.29, 0.717) is 6.42 Å². The molecule has 0 aromatic carbocycles. The van der Waals surface area contributed by atoms with Gasteiger partial charge in [0.2, 0.25) is 0 Å². The van der Waals surface area contributed by atoms with Crippen LogP contribution in [0, 0.1) is 0 Å². The van der Waals surface area contributed by atoms with E-state index >= 15 is 0 Å². The average molecular weight is 563 g/mol. The molecule has 0 saturated carbocycles. The number of carbonyl (C=O) groups excluding carboxylic acids is 1. The van der Waals surface area contributed by atoms with Crippen LogP contribution < -0.4 is 34.7 Å². The van der Waals surface area contributed by atoms with Crippen molar-refractivity contribution in [2.24, 2.45) is 0 Å². The van der Waals surface area contributed by atoms with Crippen molar-refractivity contribution in [3.63, 3.8) is 0 Å². The van der Waals surface area contributed by atoms with Crippen molar-refractivity contribution in [1.29, 1.82) is 0 Å². The van der Waals surface area contributed by atoms with Crippen molar-refractivity contribution in [2.45, 2.75) is 206 Å².